The Labute approximate surface area is 103 Å². The van der Waals surface area contributed by atoms with Gasteiger partial charge in [0.25, 0.3) is 0 Å². The van der Waals surface area contributed by atoms with E-state index in [0.717, 1.165) is 29.9 Å². The molecule has 1 aromatic heterocycles. The van der Waals surface area contributed by atoms with Crippen LogP contribution >= 0.6 is 15.9 Å². The summed E-state index contributed by atoms with van der Waals surface area (Å²) in [4.78, 5) is 4.97. The molecule has 5 heteroatoms. The highest BCUT2D eigenvalue weighted by Crippen LogP contribution is 2.30. The normalized spacial score (nSPS) is 35.2. The van der Waals surface area contributed by atoms with Gasteiger partial charge < -0.3 is 10.2 Å². The van der Waals surface area contributed by atoms with E-state index in [1.807, 2.05) is 6.07 Å². The van der Waals surface area contributed by atoms with Crippen LogP contribution in [0.4, 0.5) is 0 Å². The molecular weight excluding hydrogens is 270 g/mol. The van der Waals surface area contributed by atoms with Crippen molar-refractivity contribution < 1.29 is 4.42 Å². The second kappa shape index (κ2) is 4.14. The molecule has 0 radical (unpaired) electrons. The van der Waals surface area contributed by atoms with Crippen LogP contribution in [-0.2, 0) is 0 Å². The van der Waals surface area contributed by atoms with Gasteiger partial charge in [0.05, 0.1) is 16.8 Å². The molecule has 88 valence electrons. The predicted octanol–water partition coefficient (Wildman–Crippen LogP) is 1.04. The number of nitrogens with two attached hydrogens (primary N) is 1. The van der Waals surface area contributed by atoms with Gasteiger partial charge in [-0.05, 0) is 22.0 Å². The maximum Gasteiger partial charge on any atom is 0.136 e. The zero-order valence-corrected chi connectivity index (χ0v) is 10.7. The molecule has 0 spiro atoms. The fraction of sp³-hybridized carbons (Fsp3) is 0.636. The van der Waals surface area contributed by atoms with Crippen LogP contribution in [0.2, 0.25) is 0 Å². The third-order valence-corrected chi connectivity index (χ3v) is 4.34. The summed E-state index contributed by atoms with van der Waals surface area (Å²) in [5.41, 5.74) is 6.31. The first-order valence-corrected chi connectivity index (χ1v) is 6.50. The molecule has 0 amide bonds. The Morgan fingerprint density at radius 2 is 2.12 bits per heavy atom. The summed E-state index contributed by atoms with van der Waals surface area (Å²) in [5, 5.41) is 0. The smallest absolute Gasteiger partial charge is 0.136 e. The van der Waals surface area contributed by atoms with Crippen LogP contribution < -0.4 is 5.73 Å². The number of piperazine rings is 3. The second-order valence-electron chi connectivity index (χ2n) is 4.56. The van der Waals surface area contributed by atoms with E-state index >= 15 is 0 Å². The molecule has 4 heterocycles. The van der Waals surface area contributed by atoms with Crippen molar-refractivity contribution in [1.82, 2.24) is 9.80 Å². The van der Waals surface area contributed by atoms with Gasteiger partial charge in [-0.3, -0.25) is 9.80 Å². The molecule has 2 atom stereocenters. The van der Waals surface area contributed by atoms with Crippen molar-refractivity contribution in [3.63, 3.8) is 0 Å². The standard InChI is InChI=1S/C11H16BrN3O/c12-8-1-6-16-11(8)10(13)9-7-14-2-4-15(9)5-3-14/h1,6,9-10H,2-5,7,13H2. The first-order valence-electron chi connectivity index (χ1n) is 5.70. The SMILES string of the molecule is NC(c1occc1Br)C1CN2CCN1CC2. The summed E-state index contributed by atoms with van der Waals surface area (Å²) in [6.07, 6.45) is 1.69. The quantitative estimate of drug-likeness (QED) is 0.882. The van der Waals surface area contributed by atoms with E-state index in [1.165, 1.54) is 13.1 Å². The van der Waals surface area contributed by atoms with Crippen molar-refractivity contribution in [3.8, 4) is 0 Å². The lowest BCUT2D eigenvalue weighted by Gasteiger charge is -2.49. The molecule has 4 nitrogen and oxygen atoms in total. The molecule has 0 aliphatic carbocycles. The minimum absolute atomic E-state index is 0.0347. The van der Waals surface area contributed by atoms with E-state index in [4.69, 9.17) is 10.2 Å². The number of halogens is 1. The van der Waals surface area contributed by atoms with Gasteiger partial charge >= 0.3 is 0 Å². The molecule has 0 saturated carbocycles. The topological polar surface area (TPSA) is 45.6 Å². The molecule has 1 aromatic rings. The lowest BCUT2D eigenvalue weighted by molar-refractivity contribution is -0.000749. The van der Waals surface area contributed by atoms with E-state index < -0.39 is 0 Å². The van der Waals surface area contributed by atoms with Crippen molar-refractivity contribution in [2.75, 3.05) is 32.7 Å². The Hall–Kier alpha value is -0.360. The monoisotopic (exact) mass is 285 g/mol. The van der Waals surface area contributed by atoms with Gasteiger partial charge in [0.2, 0.25) is 0 Å². The molecule has 0 aromatic carbocycles. The molecular formula is C11H16BrN3O. The van der Waals surface area contributed by atoms with Gasteiger partial charge in [0.15, 0.2) is 0 Å². The van der Waals surface area contributed by atoms with E-state index in [-0.39, 0.29) is 6.04 Å². The van der Waals surface area contributed by atoms with Gasteiger partial charge in [-0.1, -0.05) is 0 Å². The Morgan fingerprint density at radius 1 is 1.38 bits per heavy atom. The largest absolute Gasteiger partial charge is 0.466 e. The summed E-state index contributed by atoms with van der Waals surface area (Å²) in [5.74, 6) is 0.874. The van der Waals surface area contributed by atoms with Gasteiger partial charge in [-0.2, -0.15) is 0 Å². The number of hydrogen-bond acceptors (Lipinski definition) is 4. The lowest BCUT2D eigenvalue weighted by atomic mass is 9.99. The van der Waals surface area contributed by atoms with Gasteiger partial charge in [0, 0.05) is 38.8 Å². The average Bonchev–Trinajstić information content (AvgIpc) is 2.76. The highest BCUT2D eigenvalue weighted by atomic mass is 79.9. The van der Waals surface area contributed by atoms with Crippen LogP contribution in [0.1, 0.15) is 11.8 Å². The highest BCUT2D eigenvalue weighted by Gasteiger charge is 2.37. The molecule has 3 saturated heterocycles. The van der Waals surface area contributed by atoms with Gasteiger partial charge in [-0.25, -0.2) is 0 Å². The van der Waals surface area contributed by atoms with E-state index in [9.17, 15) is 0 Å². The van der Waals surface area contributed by atoms with Crippen LogP contribution in [0.15, 0.2) is 21.2 Å². The molecule has 3 aliphatic heterocycles. The number of hydrogen-bond donors (Lipinski definition) is 1. The third kappa shape index (κ3) is 1.72. The maximum absolute atomic E-state index is 6.31. The van der Waals surface area contributed by atoms with Crippen LogP contribution in [0.3, 0.4) is 0 Å². The maximum atomic E-state index is 6.31. The first-order chi connectivity index (χ1) is 7.75. The van der Waals surface area contributed by atoms with Crippen LogP contribution in [0, 0.1) is 0 Å². The first kappa shape index (κ1) is 10.8. The number of fused-ring (bicyclic) bond motifs is 3. The molecule has 16 heavy (non-hydrogen) atoms. The van der Waals surface area contributed by atoms with Crippen LogP contribution in [0.5, 0.6) is 0 Å². The zero-order valence-electron chi connectivity index (χ0n) is 9.10. The van der Waals surface area contributed by atoms with Crippen LogP contribution in [0.25, 0.3) is 0 Å². The number of rotatable bonds is 2. The lowest BCUT2D eigenvalue weighted by Crippen LogP contribution is -2.63. The summed E-state index contributed by atoms with van der Waals surface area (Å²) in [7, 11) is 0. The van der Waals surface area contributed by atoms with E-state index in [0.29, 0.717) is 6.04 Å². The molecule has 2 unspecified atom stereocenters. The van der Waals surface area contributed by atoms with Crippen molar-refractivity contribution in [3.05, 3.63) is 22.6 Å². The highest BCUT2D eigenvalue weighted by molar-refractivity contribution is 9.10. The fourth-order valence-corrected chi connectivity index (χ4v) is 3.18. The van der Waals surface area contributed by atoms with Crippen molar-refractivity contribution >= 4 is 15.9 Å². The second-order valence-corrected chi connectivity index (χ2v) is 5.42. The van der Waals surface area contributed by atoms with Crippen molar-refractivity contribution in [2.24, 2.45) is 5.73 Å². The molecule has 3 aliphatic rings. The Kier molecular flexibility index (Phi) is 2.79. The summed E-state index contributed by atoms with van der Waals surface area (Å²) < 4.78 is 6.45. The minimum Gasteiger partial charge on any atom is -0.466 e. The molecule has 2 N–H and O–H groups in total. The average molecular weight is 286 g/mol. The zero-order chi connectivity index (χ0) is 11.1. The minimum atomic E-state index is -0.0347. The Morgan fingerprint density at radius 3 is 2.62 bits per heavy atom. The van der Waals surface area contributed by atoms with Gasteiger partial charge in [-0.15, -0.1) is 0 Å². The van der Waals surface area contributed by atoms with Gasteiger partial charge in [0.1, 0.15) is 5.76 Å². The number of nitrogens with zero attached hydrogens (tertiary/aromatic N) is 2. The Bertz CT molecular complexity index is 373. The predicted molar refractivity (Wildman–Crippen MR) is 65.1 cm³/mol. The van der Waals surface area contributed by atoms with Crippen LogP contribution in [-0.4, -0.2) is 48.6 Å². The molecule has 4 rings (SSSR count). The third-order valence-electron chi connectivity index (χ3n) is 3.68. The molecule has 2 bridgehead atoms. The fourth-order valence-electron chi connectivity index (χ4n) is 2.72. The number of furan rings is 1. The summed E-state index contributed by atoms with van der Waals surface area (Å²) in [6, 6.07) is 2.27. The van der Waals surface area contributed by atoms with E-state index in [2.05, 4.69) is 25.7 Å². The van der Waals surface area contributed by atoms with Crippen molar-refractivity contribution in [1.29, 1.82) is 0 Å². The summed E-state index contributed by atoms with van der Waals surface area (Å²) in [6.45, 7) is 5.70. The summed E-state index contributed by atoms with van der Waals surface area (Å²) >= 11 is 3.48. The molecule has 3 fully saturated rings. The van der Waals surface area contributed by atoms with Crippen molar-refractivity contribution in [2.45, 2.75) is 12.1 Å². The Balaban J connectivity index is 1.80. The van der Waals surface area contributed by atoms with E-state index in [1.54, 1.807) is 6.26 Å².